The second-order valence-corrected chi connectivity index (χ2v) is 14.6. The Hall–Kier alpha value is -4.59. The van der Waals surface area contributed by atoms with E-state index in [9.17, 15) is 19.2 Å². The predicted octanol–water partition coefficient (Wildman–Crippen LogP) is 4.15. The van der Waals surface area contributed by atoms with Crippen molar-refractivity contribution in [3.8, 4) is 17.4 Å². The fourth-order valence-corrected chi connectivity index (χ4v) is 7.34. The number of hydrogen-bond donors (Lipinski definition) is 3. The van der Waals surface area contributed by atoms with E-state index < -0.39 is 35.5 Å². The van der Waals surface area contributed by atoms with Crippen LogP contribution in [0, 0.1) is 6.92 Å². The number of pyridine rings is 1. The van der Waals surface area contributed by atoms with Crippen molar-refractivity contribution in [2.45, 2.75) is 121 Å². The summed E-state index contributed by atoms with van der Waals surface area (Å²) in [5.74, 6) is -0.00538. The lowest BCUT2D eigenvalue weighted by molar-refractivity contribution is -0.142. The van der Waals surface area contributed by atoms with Gasteiger partial charge in [-0.25, -0.2) is 9.78 Å². The van der Waals surface area contributed by atoms with Crippen LogP contribution in [0.1, 0.15) is 84.1 Å². The minimum atomic E-state index is -1.31. The van der Waals surface area contributed by atoms with Crippen LogP contribution < -0.4 is 30.6 Å². The van der Waals surface area contributed by atoms with Crippen LogP contribution in [-0.2, 0) is 19.1 Å². The molecule has 2 aromatic rings. The van der Waals surface area contributed by atoms with E-state index in [1.54, 1.807) is 25.2 Å². The Morgan fingerprint density at radius 2 is 1.81 bits per heavy atom. The molecule has 53 heavy (non-hydrogen) atoms. The van der Waals surface area contributed by atoms with Crippen molar-refractivity contribution in [3.63, 3.8) is 0 Å². The van der Waals surface area contributed by atoms with Crippen LogP contribution in [0.4, 0.5) is 4.79 Å². The molecule has 5 rings (SSSR count). The Bertz CT molecular complexity index is 1680. The minimum absolute atomic E-state index is 0.0456. The molecule has 4 heterocycles. The number of nitrogens with one attached hydrogen (secondary N) is 2. The first-order valence-electron chi connectivity index (χ1n) is 18.9. The first-order chi connectivity index (χ1) is 25.4. The number of allylic oxidation sites excluding steroid dienone is 2. The Kier molecular flexibility index (Phi) is 13.1. The summed E-state index contributed by atoms with van der Waals surface area (Å²) in [6.07, 6.45) is 8.30. The molecule has 290 valence electrons. The minimum Gasteiger partial charge on any atom is -0.496 e. The van der Waals surface area contributed by atoms with Crippen LogP contribution in [0.3, 0.4) is 0 Å². The SMILES string of the molecule is CC[C@@]1(C(N)=O)CC/C=C\CCCCC[C@H](NC(=O)N2CC(OC)C2)C(=O)N2C[C@H](Oc3cc(OC(C)C)nc4c(C)c(OC)ccc34)C[C@H]2C(=O)N1. The van der Waals surface area contributed by atoms with Crippen molar-refractivity contribution in [1.82, 2.24) is 25.4 Å². The zero-order valence-electron chi connectivity index (χ0n) is 31.9. The molecule has 4 atom stereocenters. The van der Waals surface area contributed by atoms with Gasteiger partial charge in [0.15, 0.2) is 0 Å². The maximum atomic E-state index is 14.6. The van der Waals surface area contributed by atoms with Crippen LogP contribution in [0.2, 0.25) is 0 Å². The van der Waals surface area contributed by atoms with Crippen LogP contribution >= 0.6 is 0 Å². The number of likely N-dealkylation sites (tertiary alicyclic amines) is 1. The molecule has 1 aromatic carbocycles. The van der Waals surface area contributed by atoms with Gasteiger partial charge in [-0.3, -0.25) is 14.4 Å². The van der Waals surface area contributed by atoms with Crippen molar-refractivity contribution in [1.29, 1.82) is 0 Å². The molecule has 0 unspecified atom stereocenters. The van der Waals surface area contributed by atoms with Gasteiger partial charge in [-0.05, 0) is 71.4 Å². The molecule has 2 saturated heterocycles. The number of methoxy groups -OCH3 is 2. The number of carbonyl (C=O) groups excluding carboxylic acids is 4. The number of urea groups is 1. The van der Waals surface area contributed by atoms with Crippen molar-refractivity contribution in [2.24, 2.45) is 5.73 Å². The van der Waals surface area contributed by atoms with E-state index in [0.29, 0.717) is 61.7 Å². The summed E-state index contributed by atoms with van der Waals surface area (Å²) in [6.45, 7) is 8.47. The number of nitrogens with zero attached hydrogens (tertiary/aromatic N) is 3. The highest BCUT2D eigenvalue weighted by atomic mass is 16.5. The third-order valence-corrected chi connectivity index (χ3v) is 10.6. The number of aromatic nitrogens is 1. The molecule has 14 nitrogen and oxygen atoms in total. The van der Waals surface area contributed by atoms with Crippen LogP contribution in [-0.4, -0.2) is 108 Å². The lowest BCUT2D eigenvalue weighted by atomic mass is 9.88. The summed E-state index contributed by atoms with van der Waals surface area (Å²) >= 11 is 0. The fraction of sp³-hybridized carbons (Fsp3) is 0.615. The maximum absolute atomic E-state index is 14.6. The third-order valence-electron chi connectivity index (χ3n) is 10.6. The van der Waals surface area contributed by atoms with E-state index in [4.69, 9.17) is 29.7 Å². The van der Waals surface area contributed by atoms with Crippen molar-refractivity contribution in [3.05, 3.63) is 35.9 Å². The lowest BCUT2D eigenvalue weighted by Gasteiger charge is -2.39. The van der Waals surface area contributed by atoms with E-state index in [2.05, 4.69) is 16.7 Å². The first-order valence-corrected chi connectivity index (χ1v) is 18.9. The highest BCUT2D eigenvalue weighted by Gasteiger charge is 2.46. The van der Waals surface area contributed by atoms with Gasteiger partial charge in [0, 0.05) is 30.5 Å². The van der Waals surface area contributed by atoms with Crippen LogP contribution in [0.15, 0.2) is 30.4 Å². The molecule has 0 bridgehead atoms. The number of primary amides is 1. The van der Waals surface area contributed by atoms with Gasteiger partial charge in [0.1, 0.15) is 35.2 Å². The van der Waals surface area contributed by atoms with Gasteiger partial charge >= 0.3 is 6.03 Å². The Morgan fingerprint density at radius 3 is 2.49 bits per heavy atom. The molecule has 3 aliphatic heterocycles. The summed E-state index contributed by atoms with van der Waals surface area (Å²) < 4.78 is 23.6. The van der Waals surface area contributed by atoms with E-state index in [1.165, 1.54) is 4.90 Å². The molecule has 0 radical (unpaired) electrons. The average Bonchev–Trinajstić information content (AvgIpc) is 3.52. The van der Waals surface area contributed by atoms with Gasteiger partial charge in [-0.15, -0.1) is 0 Å². The maximum Gasteiger partial charge on any atom is 0.318 e. The molecule has 2 fully saturated rings. The van der Waals surface area contributed by atoms with E-state index in [0.717, 1.165) is 30.2 Å². The second kappa shape index (κ2) is 17.5. The smallest absolute Gasteiger partial charge is 0.318 e. The van der Waals surface area contributed by atoms with E-state index in [-0.39, 0.29) is 43.5 Å². The van der Waals surface area contributed by atoms with Gasteiger partial charge in [0.2, 0.25) is 23.6 Å². The molecule has 5 amide bonds. The number of rotatable bonds is 9. The predicted molar refractivity (Wildman–Crippen MR) is 200 cm³/mol. The summed E-state index contributed by atoms with van der Waals surface area (Å²) in [6, 6.07) is 3.20. The van der Waals surface area contributed by atoms with Gasteiger partial charge in [0.05, 0.1) is 44.5 Å². The standard InChI is InChI=1S/C39H56N6O8/c1-7-39(37(40)48)18-14-12-10-8-9-11-13-15-29(41-38(49)44-21-27(22-44)50-5)36(47)45-23-26(19-30(45)35(46)43-39)53-32-20-33(52-24(2)3)42-34-25(4)31(51-6)17-16-28(32)34/h10,12,16-17,20,24,26-27,29-30H,7-9,11,13-15,18-19,21-23H2,1-6H3,(H2,40,48)(H,41,49)(H,43,46)/b12-10-/t26-,29+,30+,39+/m1/s1. The Morgan fingerprint density at radius 1 is 1.06 bits per heavy atom. The van der Waals surface area contributed by atoms with E-state index >= 15 is 0 Å². The fourth-order valence-electron chi connectivity index (χ4n) is 7.34. The van der Waals surface area contributed by atoms with Crippen molar-refractivity contribution < 1.29 is 38.1 Å². The Balaban J connectivity index is 1.50. The largest absolute Gasteiger partial charge is 0.496 e. The first kappa shape index (κ1) is 39.6. The van der Waals surface area contributed by atoms with E-state index in [1.807, 2.05) is 45.9 Å². The number of ether oxygens (including phenoxy) is 4. The van der Waals surface area contributed by atoms with Crippen molar-refractivity contribution in [2.75, 3.05) is 33.9 Å². The number of benzene rings is 1. The lowest BCUT2D eigenvalue weighted by Crippen LogP contribution is -2.63. The quantitative estimate of drug-likeness (QED) is 0.320. The van der Waals surface area contributed by atoms with Crippen LogP contribution in [0.25, 0.3) is 10.9 Å². The van der Waals surface area contributed by atoms with Gasteiger partial charge in [-0.1, -0.05) is 31.9 Å². The number of fused-ring (bicyclic) bond motifs is 2. The Labute approximate surface area is 312 Å². The average molecular weight is 737 g/mol. The summed E-state index contributed by atoms with van der Waals surface area (Å²) in [5, 5.41) is 6.66. The molecular weight excluding hydrogens is 680 g/mol. The molecule has 1 aromatic heterocycles. The normalized spacial score (nSPS) is 25.4. The molecule has 4 N–H and O–H groups in total. The number of hydrogen-bond acceptors (Lipinski definition) is 9. The zero-order chi connectivity index (χ0) is 38.3. The topological polar surface area (TPSA) is 175 Å². The summed E-state index contributed by atoms with van der Waals surface area (Å²) in [5.41, 5.74) is 6.10. The van der Waals surface area contributed by atoms with Crippen molar-refractivity contribution >= 4 is 34.7 Å². The number of aryl methyl sites for hydroxylation is 1. The third kappa shape index (κ3) is 9.14. The molecule has 3 aliphatic rings. The molecule has 0 aliphatic carbocycles. The molecule has 14 heteroatoms. The number of nitrogens with two attached hydrogens (primary N) is 1. The zero-order valence-corrected chi connectivity index (χ0v) is 31.9. The molecule has 0 saturated carbocycles. The molecular formula is C39H56N6O8. The van der Waals surface area contributed by atoms with Gasteiger partial charge < -0.3 is 45.1 Å². The summed E-state index contributed by atoms with van der Waals surface area (Å²) in [4.78, 5) is 63.1. The van der Waals surface area contributed by atoms with Crippen LogP contribution in [0.5, 0.6) is 17.4 Å². The second-order valence-electron chi connectivity index (χ2n) is 14.6. The van der Waals surface area contributed by atoms with Gasteiger partial charge in [0.25, 0.3) is 0 Å². The highest BCUT2D eigenvalue weighted by molar-refractivity contribution is 5.96. The number of amides is 5. The number of carbonyl (C=O) groups is 4. The molecule has 0 spiro atoms. The highest BCUT2D eigenvalue weighted by Crippen LogP contribution is 2.37. The monoisotopic (exact) mass is 736 g/mol. The van der Waals surface area contributed by atoms with Gasteiger partial charge in [-0.2, -0.15) is 0 Å². The summed E-state index contributed by atoms with van der Waals surface area (Å²) in [7, 11) is 3.20.